The van der Waals surface area contributed by atoms with Crippen molar-refractivity contribution in [1.82, 2.24) is 0 Å². The highest BCUT2D eigenvalue weighted by Crippen LogP contribution is 2.08. The molecule has 102 valence electrons. The third kappa shape index (κ3) is 4.39. The van der Waals surface area contributed by atoms with E-state index in [0.717, 1.165) is 5.56 Å². The van der Waals surface area contributed by atoms with Gasteiger partial charge in [0, 0.05) is 6.42 Å². The number of esters is 1. The maximum Gasteiger partial charge on any atom is 0.338 e. The molecule has 0 saturated carbocycles. The smallest absolute Gasteiger partial charge is 0.338 e. The lowest BCUT2D eigenvalue weighted by Crippen LogP contribution is -2.14. The van der Waals surface area contributed by atoms with E-state index in [0.29, 0.717) is 12.0 Å². The molecule has 0 N–H and O–H groups in total. The summed E-state index contributed by atoms with van der Waals surface area (Å²) < 4.78 is 5.38. The summed E-state index contributed by atoms with van der Waals surface area (Å²) in [5.74, 6) is -0.272. The van der Waals surface area contributed by atoms with Crippen LogP contribution in [0.15, 0.2) is 66.7 Å². The zero-order valence-corrected chi connectivity index (χ0v) is 11.5. The molecule has 0 bridgehead atoms. The molecule has 2 heteroatoms. The minimum Gasteiger partial charge on any atom is -0.459 e. The topological polar surface area (TPSA) is 26.3 Å². The van der Waals surface area contributed by atoms with Gasteiger partial charge in [0.15, 0.2) is 0 Å². The van der Waals surface area contributed by atoms with Crippen LogP contribution in [0.4, 0.5) is 0 Å². The van der Waals surface area contributed by atoms with E-state index in [1.807, 2.05) is 67.6 Å². The average Bonchev–Trinajstić information content (AvgIpc) is 2.49. The summed E-state index contributed by atoms with van der Waals surface area (Å²) >= 11 is 0. The predicted molar refractivity (Wildman–Crippen MR) is 81.4 cm³/mol. The molecule has 1 atom stereocenters. The van der Waals surface area contributed by atoms with E-state index >= 15 is 0 Å². The maximum absolute atomic E-state index is 11.8. The van der Waals surface area contributed by atoms with Gasteiger partial charge in [0.1, 0.15) is 6.10 Å². The van der Waals surface area contributed by atoms with E-state index in [1.165, 1.54) is 0 Å². The van der Waals surface area contributed by atoms with Gasteiger partial charge in [0.05, 0.1) is 5.56 Å². The van der Waals surface area contributed by atoms with E-state index < -0.39 is 0 Å². The van der Waals surface area contributed by atoms with E-state index in [4.69, 9.17) is 4.74 Å². The number of hydrogen-bond acceptors (Lipinski definition) is 2. The maximum atomic E-state index is 11.8. The second-order valence-electron chi connectivity index (χ2n) is 4.63. The number of benzene rings is 2. The van der Waals surface area contributed by atoms with Crippen LogP contribution in [0.1, 0.15) is 29.3 Å². The highest BCUT2D eigenvalue weighted by molar-refractivity contribution is 5.89. The minimum atomic E-state index is -0.272. The third-order valence-electron chi connectivity index (χ3n) is 2.90. The van der Waals surface area contributed by atoms with Crippen LogP contribution in [-0.4, -0.2) is 12.1 Å². The van der Waals surface area contributed by atoms with Crippen molar-refractivity contribution in [2.45, 2.75) is 19.4 Å². The van der Waals surface area contributed by atoms with Crippen LogP contribution in [0.2, 0.25) is 0 Å². The first kappa shape index (κ1) is 14.1. The zero-order valence-electron chi connectivity index (χ0n) is 11.5. The van der Waals surface area contributed by atoms with Crippen molar-refractivity contribution >= 4 is 12.0 Å². The van der Waals surface area contributed by atoms with Crippen molar-refractivity contribution in [1.29, 1.82) is 0 Å². The standard InChI is InChI=1S/C18H18O2/c1-15(9-8-12-16-10-4-2-5-11-16)20-18(19)17-13-6-3-7-14-17/h2-8,10-15H,9H2,1H3. The Morgan fingerprint density at radius 1 is 1.05 bits per heavy atom. The summed E-state index contributed by atoms with van der Waals surface area (Å²) in [7, 11) is 0. The summed E-state index contributed by atoms with van der Waals surface area (Å²) in [6.45, 7) is 1.90. The van der Waals surface area contributed by atoms with Crippen molar-refractivity contribution in [2.24, 2.45) is 0 Å². The van der Waals surface area contributed by atoms with Crippen molar-refractivity contribution < 1.29 is 9.53 Å². The second-order valence-corrected chi connectivity index (χ2v) is 4.63. The number of carbonyl (C=O) groups is 1. The fourth-order valence-electron chi connectivity index (χ4n) is 1.83. The van der Waals surface area contributed by atoms with Crippen molar-refractivity contribution in [3.63, 3.8) is 0 Å². The predicted octanol–water partition coefficient (Wildman–Crippen LogP) is 4.34. The minimum absolute atomic E-state index is 0.136. The van der Waals surface area contributed by atoms with Gasteiger partial charge in [-0.25, -0.2) is 4.79 Å². The first-order valence-corrected chi connectivity index (χ1v) is 6.73. The zero-order chi connectivity index (χ0) is 14.2. The molecule has 2 aromatic rings. The highest BCUT2D eigenvalue weighted by Gasteiger charge is 2.09. The van der Waals surface area contributed by atoms with Gasteiger partial charge in [0.2, 0.25) is 0 Å². The fourth-order valence-corrected chi connectivity index (χ4v) is 1.83. The molecule has 2 nitrogen and oxygen atoms in total. The average molecular weight is 266 g/mol. The van der Waals surface area contributed by atoms with Gasteiger partial charge in [0.25, 0.3) is 0 Å². The van der Waals surface area contributed by atoms with Gasteiger partial charge in [-0.1, -0.05) is 60.7 Å². The molecule has 0 spiro atoms. The molecule has 0 radical (unpaired) electrons. The highest BCUT2D eigenvalue weighted by atomic mass is 16.5. The van der Waals surface area contributed by atoms with Crippen LogP contribution in [0.5, 0.6) is 0 Å². The molecule has 0 saturated heterocycles. The number of hydrogen-bond donors (Lipinski definition) is 0. The molecule has 0 fully saturated rings. The molecular formula is C18H18O2. The third-order valence-corrected chi connectivity index (χ3v) is 2.90. The van der Waals surface area contributed by atoms with Crippen LogP contribution >= 0.6 is 0 Å². The van der Waals surface area contributed by atoms with Crippen LogP contribution < -0.4 is 0 Å². The Bertz CT molecular complexity index is 558. The van der Waals surface area contributed by atoms with Crippen LogP contribution in [0, 0.1) is 0 Å². The van der Waals surface area contributed by atoms with Crippen LogP contribution in [0.3, 0.4) is 0 Å². The van der Waals surface area contributed by atoms with E-state index in [9.17, 15) is 4.79 Å². The Kier molecular flexibility index (Phi) is 5.13. The molecule has 1 unspecified atom stereocenters. The normalized spacial score (nSPS) is 12.2. The lowest BCUT2D eigenvalue weighted by Gasteiger charge is -2.11. The first-order chi connectivity index (χ1) is 9.75. The van der Waals surface area contributed by atoms with Gasteiger partial charge in [-0.3, -0.25) is 0 Å². The molecule has 0 aliphatic rings. The summed E-state index contributed by atoms with van der Waals surface area (Å²) in [4.78, 5) is 11.8. The number of carbonyl (C=O) groups excluding carboxylic acids is 1. The lowest BCUT2D eigenvalue weighted by molar-refractivity contribution is 0.0348. The summed E-state index contributed by atoms with van der Waals surface area (Å²) in [6, 6.07) is 19.1. The Morgan fingerprint density at radius 3 is 2.30 bits per heavy atom. The van der Waals surface area contributed by atoms with Crippen molar-refractivity contribution in [3.05, 3.63) is 77.9 Å². The first-order valence-electron chi connectivity index (χ1n) is 6.73. The summed E-state index contributed by atoms with van der Waals surface area (Å²) in [6.07, 6.45) is 4.63. The number of ether oxygens (including phenoxy) is 1. The molecule has 0 aliphatic heterocycles. The van der Waals surface area contributed by atoms with Gasteiger partial charge < -0.3 is 4.74 Å². The van der Waals surface area contributed by atoms with Crippen LogP contribution in [-0.2, 0) is 4.74 Å². The Labute approximate surface area is 119 Å². The van der Waals surface area contributed by atoms with Gasteiger partial charge in [-0.05, 0) is 24.6 Å². The molecule has 2 rings (SSSR count). The van der Waals surface area contributed by atoms with Crippen molar-refractivity contribution in [3.8, 4) is 0 Å². The molecule has 0 heterocycles. The van der Waals surface area contributed by atoms with E-state index in [1.54, 1.807) is 12.1 Å². The Morgan fingerprint density at radius 2 is 1.65 bits per heavy atom. The fraction of sp³-hybridized carbons (Fsp3) is 0.167. The Balaban J connectivity index is 1.82. The number of rotatable bonds is 5. The molecule has 2 aromatic carbocycles. The SMILES string of the molecule is CC(CC=Cc1ccccc1)OC(=O)c1ccccc1. The van der Waals surface area contributed by atoms with E-state index in [-0.39, 0.29) is 12.1 Å². The van der Waals surface area contributed by atoms with Crippen LogP contribution in [0.25, 0.3) is 6.08 Å². The molecule has 20 heavy (non-hydrogen) atoms. The quantitative estimate of drug-likeness (QED) is 0.753. The largest absolute Gasteiger partial charge is 0.459 e. The second kappa shape index (κ2) is 7.29. The molecule has 0 aromatic heterocycles. The van der Waals surface area contributed by atoms with Gasteiger partial charge in [-0.15, -0.1) is 0 Å². The van der Waals surface area contributed by atoms with Gasteiger partial charge in [-0.2, -0.15) is 0 Å². The summed E-state index contributed by atoms with van der Waals surface area (Å²) in [5, 5.41) is 0. The molecule has 0 aliphatic carbocycles. The molecular weight excluding hydrogens is 248 g/mol. The Hall–Kier alpha value is -2.35. The molecule has 0 amide bonds. The monoisotopic (exact) mass is 266 g/mol. The summed E-state index contributed by atoms with van der Waals surface area (Å²) in [5.41, 5.74) is 1.74. The van der Waals surface area contributed by atoms with Gasteiger partial charge >= 0.3 is 5.97 Å². The van der Waals surface area contributed by atoms with E-state index in [2.05, 4.69) is 0 Å². The van der Waals surface area contributed by atoms with Crippen molar-refractivity contribution in [2.75, 3.05) is 0 Å². The lowest BCUT2D eigenvalue weighted by atomic mass is 10.2.